The van der Waals surface area contributed by atoms with Crippen molar-refractivity contribution in [2.75, 3.05) is 18.1 Å². The normalized spacial score (nSPS) is 19.4. The zero-order valence-corrected chi connectivity index (χ0v) is 56.4. The van der Waals surface area contributed by atoms with Crippen LogP contribution in [0.15, 0.2) is 116 Å². The van der Waals surface area contributed by atoms with Gasteiger partial charge >= 0.3 is 0 Å². The van der Waals surface area contributed by atoms with E-state index in [-0.39, 0.29) is 68.2 Å². The molecule has 0 bridgehead atoms. The van der Waals surface area contributed by atoms with Gasteiger partial charge in [0.15, 0.2) is 0 Å². The Morgan fingerprint density at radius 1 is 0.558 bits per heavy atom. The third-order valence-electron chi connectivity index (χ3n) is 17.1. The van der Waals surface area contributed by atoms with Crippen LogP contribution in [0.2, 0.25) is 0 Å². The molecule has 3 heterocycles. The van der Waals surface area contributed by atoms with Crippen molar-refractivity contribution < 1.29 is 48.3 Å². The largest absolute Gasteiger partial charge is 0.508 e. The molecule has 24 heteroatoms. The topological polar surface area (TPSA) is 354 Å². The van der Waals surface area contributed by atoms with Gasteiger partial charge in [0, 0.05) is 77.8 Å². The Morgan fingerprint density at radius 3 is 1.75 bits per heavy atom. The van der Waals surface area contributed by atoms with Gasteiger partial charge in [0.1, 0.15) is 54.1 Å². The van der Waals surface area contributed by atoms with Crippen molar-refractivity contribution in [2.45, 2.75) is 191 Å². The van der Waals surface area contributed by atoms with E-state index in [1.807, 2.05) is 78.9 Å². The summed E-state index contributed by atoms with van der Waals surface area (Å²) in [5, 5.41) is 34.7. The number of para-hydroxylation sites is 2. The summed E-state index contributed by atoms with van der Waals surface area (Å²) in [6, 6.07) is 19.3. The minimum atomic E-state index is -1.44. The minimum absolute atomic E-state index is 0.00838. The fourth-order valence-corrected chi connectivity index (χ4v) is 13.9. The zero-order valence-electron chi connectivity index (χ0n) is 54.8. The number of aromatic amines is 2. The number of hydrogen-bond acceptors (Lipinski definition) is 13. The Labute approximate surface area is 564 Å². The zero-order chi connectivity index (χ0) is 68.1. The number of fused-ring (bicyclic) bond motifs is 2. The highest BCUT2D eigenvalue weighted by atomic mass is 33.1. The number of unbranched alkanes of at least 4 members (excludes halogenated alkanes) is 11. The van der Waals surface area contributed by atoms with E-state index in [4.69, 9.17) is 11.5 Å². The number of H-pyrrole nitrogens is 2. The molecule has 9 amide bonds. The highest BCUT2D eigenvalue weighted by molar-refractivity contribution is 8.76. The third-order valence-corrected chi connectivity index (χ3v) is 19.5. The Kier molecular flexibility index (Phi) is 30.3. The first-order valence-electron chi connectivity index (χ1n) is 33.5. The lowest BCUT2D eigenvalue weighted by atomic mass is 10.00. The van der Waals surface area contributed by atoms with Gasteiger partial charge in [-0.2, -0.15) is 0 Å². The third kappa shape index (κ3) is 23.8. The Hall–Kier alpha value is -8.35. The molecule has 0 spiro atoms. The predicted molar refractivity (Wildman–Crippen MR) is 374 cm³/mol. The fraction of sp³-hybridized carbons (Fsp3) is 0.479. The maximum atomic E-state index is 15.3. The number of phenolic OH excluding ortho intramolecular Hbond substituents is 1. The molecule has 95 heavy (non-hydrogen) atoms. The Balaban J connectivity index is 1.23. The van der Waals surface area contributed by atoms with Gasteiger partial charge in [-0.15, -0.1) is 0 Å². The molecule has 1 aliphatic rings. The summed E-state index contributed by atoms with van der Waals surface area (Å²) in [6.07, 6.45) is 16.4. The standard InChI is InChI=1S/C71H96N12O10S2/c1-4-5-6-7-8-9-10-11-12-13-17-31-62(85)76-57(37-46-24-15-14-16-25-46)66(88)81-60-43-94-95-44-61(69(91)78-56(64(73)86)39-48-41-74-53-28-20-18-26-51(48)53)82-71(93)63(45(2)3)83-65(87)55(30-22-23-36-72)77-68(90)59(40-49-42-75-54-29-21-19-27-52(49)54)80-67(89)58(79-70(60)92)38-47-32-34-50(84)35-33-47/h14-16,18-21,24-29,32-35,41-42,45,55-61,63,74-75,84H,4-13,17,22-23,30-31,36-40,43-44,72H2,1-3H3,(H2,73,86)(H,76,85)(H,77,90)(H,78,91)(H,79,92)(H,80,89)(H,81,88)(H,82,93)(H,83,87)/t55-,56-,57+,58?,59+,60?,61-,63?/m0/s1. The molecule has 15 N–H and O–H groups in total. The molecule has 0 saturated carbocycles. The van der Waals surface area contributed by atoms with E-state index >= 15 is 14.4 Å². The molecule has 512 valence electrons. The molecule has 8 atom stereocenters. The molecule has 1 aliphatic heterocycles. The van der Waals surface area contributed by atoms with E-state index in [2.05, 4.69) is 59.4 Å². The summed E-state index contributed by atoms with van der Waals surface area (Å²) >= 11 is 0. The second kappa shape index (κ2) is 38.9. The van der Waals surface area contributed by atoms with Crippen molar-refractivity contribution in [3.63, 3.8) is 0 Å². The summed E-state index contributed by atoms with van der Waals surface area (Å²) in [5.41, 5.74) is 16.0. The van der Waals surface area contributed by atoms with Crippen LogP contribution in [0.1, 0.15) is 139 Å². The van der Waals surface area contributed by atoms with Crippen LogP contribution in [0.5, 0.6) is 5.75 Å². The number of primary amides is 1. The van der Waals surface area contributed by atoms with Crippen LogP contribution >= 0.6 is 21.6 Å². The lowest BCUT2D eigenvalue weighted by Gasteiger charge is -2.29. The lowest BCUT2D eigenvalue weighted by Crippen LogP contribution is -2.62. The van der Waals surface area contributed by atoms with Gasteiger partial charge in [-0.05, 0) is 84.7 Å². The van der Waals surface area contributed by atoms with Crippen LogP contribution in [0.3, 0.4) is 0 Å². The summed E-state index contributed by atoms with van der Waals surface area (Å²) in [5.74, 6) is -7.64. The SMILES string of the molecule is CCCCCCCCCCCCCC(=O)N[C@H](Cc1ccccc1)C(=O)NC1CSSC[C@@H](C(=O)N[C@@H](Cc2c[nH]c3ccccc23)C(N)=O)NC(=O)C(C(C)C)NC(=O)[C@H](CCCCN)NC(=O)[C@@H](Cc2c[nH]c3ccccc23)NC(=O)C(Cc2ccc(O)cc2)NC1=O. The number of aromatic hydroxyl groups is 1. The van der Waals surface area contributed by atoms with Gasteiger partial charge in [0.2, 0.25) is 53.2 Å². The molecule has 6 aromatic rings. The molecule has 3 unspecified atom stereocenters. The van der Waals surface area contributed by atoms with E-state index in [1.54, 1.807) is 38.4 Å². The summed E-state index contributed by atoms with van der Waals surface area (Å²) in [7, 11) is 2.11. The first-order chi connectivity index (χ1) is 45.9. The van der Waals surface area contributed by atoms with Gasteiger partial charge < -0.3 is 69.1 Å². The van der Waals surface area contributed by atoms with E-state index in [0.29, 0.717) is 36.0 Å². The maximum absolute atomic E-state index is 15.3. The number of carbonyl (C=O) groups is 9. The molecule has 1 fully saturated rings. The predicted octanol–water partition coefficient (Wildman–Crippen LogP) is 6.87. The number of nitrogens with one attached hydrogen (secondary N) is 10. The molecule has 4 aromatic carbocycles. The highest BCUT2D eigenvalue weighted by Crippen LogP contribution is 2.26. The second-order valence-electron chi connectivity index (χ2n) is 24.9. The minimum Gasteiger partial charge on any atom is -0.508 e. The molecule has 0 radical (unpaired) electrons. The maximum Gasteiger partial charge on any atom is 0.244 e. The average molecular weight is 1340 g/mol. The number of benzene rings is 4. The summed E-state index contributed by atoms with van der Waals surface area (Å²) < 4.78 is 0. The molecule has 0 aliphatic carbocycles. The number of aromatic nitrogens is 2. The van der Waals surface area contributed by atoms with E-state index in [9.17, 15) is 33.9 Å². The highest BCUT2D eigenvalue weighted by Gasteiger charge is 2.37. The number of carbonyl (C=O) groups excluding carboxylic acids is 9. The number of phenols is 1. The van der Waals surface area contributed by atoms with Gasteiger partial charge in [-0.25, -0.2) is 0 Å². The van der Waals surface area contributed by atoms with Crippen molar-refractivity contribution in [3.05, 3.63) is 138 Å². The number of amides is 9. The number of rotatable bonds is 31. The van der Waals surface area contributed by atoms with Crippen molar-refractivity contribution in [3.8, 4) is 5.75 Å². The van der Waals surface area contributed by atoms with Gasteiger partial charge in [0.25, 0.3) is 0 Å². The van der Waals surface area contributed by atoms with Crippen LogP contribution in [0.25, 0.3) is 21.8 Å². The Morgan fingerprint density at radius 2 is 1.12 bits per heavy atom. The van der Waals surface area contributed by atoms with E-state index < -0.39 is 102 Å². The monoisotopic (exact) mass is 1340 g/mol. The quantitative estimate of drug-likeness (QED) is 0.0156. The first kappa shape index (κ1) is 74.1. The van der Waals surface area contributed by atoms with Crippen molar-refractivity contribution in [1.29, 1.82) is 0 Å². The smallest absolute Gasteiger partial charge is 0.244 e. The molecule has 2 aromatic heterocycles. The lowest BCUT2D eigenvalue weighted by molar-refractivity contribution is -0.136. The van der Waals surface area contributed by atoms with Gasteiger partial charge in [-0.1, -0.05) is 185 Å². The average Bonchev–Trinajstić information content (AvgIpc) is 1.76. The molecular weight excluding hydrogens is 1240 g/mol. The summed E-state index contributed by atoms with van der Waals surface area (Å²) in [4.78, 5) is 138. The fourth-order valence-electron chi connectivity index (χ4n) is 11.6. The molecule has 7 rings (SSSR count). The van der Waals surface area contributed by atoms with Crippen molar-refractivity contribution >= 4 is 96.6 Å². The van der Waals surface area contributed by atoms with Crippen LogP contribution in [0, 0.1) is 5.92 Å². The van der Waals surface area contributed by atoms with Crippen molar-refractivity contribution in [2.24, 2.45) is 17.4 Å². The van der Waals surface area contributed by atoms with Gasteiger partial charge in [-0.3, -0.25) is 43.2 Å². The van der Waals surface area contributed by atoms with Crippen LogP contribution < -0.4 is 54.0 Å². The van der Waals surface area contributed by atoms with E-state index in [1.165, 1.54) is 50.7 Å². The van der Waals surface area contributed by atoms with Crippen molar-refractivity contribution in [1.82, 2.24) is 52.5 Å². The van der Waals surface area contributed by atoms with Crippen LogP contribution in [0.4, 0.5) is 0 Å². The second-order valence-corrected chi connectivity index (χ2v) is 27.5. The summed E-state index contributed by atoms with van der Waals surface area (Å²) in [6.45, 7) is 5.88. The Bertz CT molecular complexity index is 3470. The van der Waals surface area contributed by atoms with E-state index in [0.717, 1.165) is 74.6 Å². The first-order valence-corrected chi connectivity index (χ1v) is 36.0. The van der Waals surface area contributed by atoms with Gasteiger partial charge in [0.05, 0.1) is 0 Å². The molecule has 22 nitrogen and oxygen atoms in total. The molecular formula is C71H96N12O10S2. The number of hydrogen-bond donors (Lipinski definition) is 13. The van der Waals surface area contributed by atoms with Crippen LogP contribution in [-0.2, 0) is 68.8 Å². The molecule has 1 saturated heterocycles. The number of nitrogens with two attached hydrogens (primary N) is 2. The van der Waals surface area contributed by atoms with Crippen LogP contribution in [-0.4, -0.2) is 135 Å².